The summed E-state index contributed by atoms with van der Waals surface area (Å²) in [6.45, 7) is 1.09. The van der Waals surface area contributed by atoms with Gasteiger partial charge in [0.15, 0.2) is 12.4 Å². The molecule has 0 bridgehead atoms. The van der Waals surface area contributed by atoms with E-state index in [4.69, 9.17) is 4.74 Å². The van der Waals surface area contributed by atoms with Crippen LogP contribution in [0.2, 0.25) is 0 Å². The quantitative estimate of drug-likeness (QED) is 0.652. The number of hydrogen-bond donors (Lipinski definition) is 1. The van der Waals surface area contributed by atoms with Crippen LogP contribution < -0.4 is 5.32 Å². The molecule has 2 aromatic rings. The van der Waals surface area contributed by atoms with E-state index < -0.39 is 30.1 Å². The molecule has 1 N–H and O–H groups in total. The molecule has 0 fully saturated rings. The minimum absolute atomic E-state index is 0.243. The van der Waals surface area contributed by atoms with E-state index in [1.54, 1.807) is 24.3 Å². The Morgan fingerprint density at radius 2 is 1.54 bits per heavy atom. The zero-order chi connectivity index (χ0) is 17.5. The minimum Gasteiger partial charge on any atom is -0.456 e. The first-order valence-corrected chi connectivity index (χ1v) is 7.25. The normalized spacial score (nSPS) is 10.1. The second kappa shape index (κ2) is 8.01. The topological polar surface area (TPSA) is 72.5 Å². The van der Waals surface area contributed by atoms with Gasteiger partial charge < -0.3 is 10.1 Å². The molecule has 0 atom stereocenters. The number of hydrogen-bond acceptors (Lipinski definition) is 4. The fourth-order valence-electron chi connectivity index (χ4n) is 1.88. The van der Waals surface area contributed by atoms with Gasteiger partial charge in [0.2, 0.25) is 0 Å². The summed E-state index contributed by atoms with van der Waals surface area (Å²) in [5, 5.41) is 2.41. The van der Waals surface area contributed by atoms with E-state index in [-0.39, 0.29) is 12.1 Å². The average Bonchev–Trinajstić information content (AvgIpc) is 2.58. The molecule has 0 saturated heterocycles. The molecule has 24 heavy (non-hydrogen) atoms. The maximum Gasteiger partial charge on any atom is 0.325 e. The van der Waals surface area contributed by atoms with E-state index in [9.17, 15) is 18.8 Å². The molecule has 0 heterocycles. The van der Waals surface area contributed by atoms with Crippen LogP contribution >= 0.6 is 0 Å². The van der Waals surface area contributed by atoms with Crippen molar-refractivity contribution in [1.82, 2.24) is 5.32 Å². The van der Waals surface area contributed by atoms with E-state index in [2.05, 4.69) is 5.32 Å². The predicted molar refractivity (Wildman–Crippen MR) is 85.2 cm³/mol. The molecule has 0 aliphatic carbocycles. The van der Waals surface area contributed by atoms with Gasteiger partial charge in [0.25, 0.3) is 5.91 Å². The number of halogens is 1. The van der Waals surface area contributed by atoms with Gasteiger partial charge in [-0.15, -0.1) is 0 Å². The van der Waals surface area contributed by atoms with Crippen LogP contribution in [0.3, 0.4) is 0 Å². The number of carbonyl (C=O) groups excluding carboxylic acids is 3. The largest absolute Gasteiger partial charge is 0.456 e. The number of amides is 1. The highest BCUT2D eigenvalue weighted by Crippen LogP contribution is 2.04. The molecule has 1 amide bonds. The first-order valence-electron chi connectivity index (χ1n) is 7.25. The first kappa shape index (κ1) is 17.3. The van der Waals surface area contributed by atoms with Crippen molar-refractivity contribution < 1.29 is 23.5 Å². The van der Waals surface area contributed by atoms with Gasteiger partial charge in [-0.2, -0.15) is 0 Å². The Labute approximate surface area is 138 Å². The standard InChI is InChI=1S/C18H16FNO4/c1-12-2-4-14(5-3-12)18(23)20-10-17(22)24-11-16(21)13-6-8-15(19)9-7-13/h2-9H,10-11H2,1H3,(H,20,23). The van der Waals surface area contributed by atoms with Gasteiger partial charge in [-0.1, -0.05) is 17.7 Å². The lowest BCUT2D eigenvalue weighted by molar-refractivity contribution is -0.141. The highest BCUT2D eigenvalue weighted by atomic mass is 19.1. The second-order valence-corrected chi connectivity index (χ2v) is 5.14. The van der Waals surface area contributed by atoms with Crippen LogP contribution in [0, 0.1) is 12.7 Å². The second-order valence-electron chi connectivity index (χ2n) is 5.14. The molecule has 0 radical (unpaired) electrons. The predicted octanol–water partition coefficient (Wildman–Crippen LogP) is 2.29. The van der Waals surface area contributed by atoms with Crippen LogP contribution in [-0.2, 0) is 9.53 Å². The molecule has 5 nitrogen and oxygen atoms in total. The molecular formula is C18H16FNO4. The van der Waals surface area contributed by atoms with Crippen LogP contribution in [0.15, 0.2) is 48.5 Å². The van der Waals surface area contributed by atoms with Crippen molar-refractivity contribution in [3.63, 3.8) is 0 Å². The van der Waals surface area contributed by atoms with Gasteiger partial charge in [-0.3, -0.25) is 14.4 Å². The fraction of sp³-hybridized carbons (Fsp3) is 0.167. The van der Waals surface area contributed by atoms with E-state index in [1.807, 2.05) is 6.92 Å². The number of ketones is 1. The summed E-state index contributed by atoms with van der Waals surface area (Å²) in [6, 6.07) is 11.8. The van der Waals surface area contributed by atoms with Crippen molar-refractivity contribution in [3.05, 3.63) is 71.0 Å². The number of aryl methyl sites for hydroxylation is 1. The maximum absolute atomic E-state index is 12.8. The van der Waals surface area contributed by atoms with E-state index in [0.717, 1.165) is 17.7 Å². The Morgan fingerprint density at radius 3 is 2.17 bits per heavy atom. The van der Waals surface area contributed by atoms with Gasteiger partial charge >= 0.3 is 5.97 Å². The van der Waals surface area contributed by atoms with Crippen LogP contribution in [-0.4, -0.2) is 30.8 Å². The molecule has 0 aliphatic rings. The number of rotatable bonds is 6. The minimum atomic E-state index is -0.731. The lowest BCUT2D eigenvalue weighted by Crippen LogP contribution is -2.31. The average molecular weight is 329 g/mol. The Morgan fingerprint density at radius 1 is 0.958 bits per heavy atom. The first-order chi connectivity index (χ1) is 11.5. The number of nitrogens with one attached hydrogen (secondary N) is 1. The van der Waals surface area contributed by atoms with Gasteiger partial charge in [0.1, 0.15) is 12.4 Å². The fourth-order valence-corrected chi connectivity index (χ4v) is 1.88. The summed E-state index contributed by atoms with van der Waals surface area (Å²) in [6.07, 6.45) is 0. The van der Waals surface area contributed by atoms with Crippen LogP contribution in [0.4, 0.5) is 4.39 Å². The van der Waals surface area contributed by atoms with Gasteiger partial charge in [-0.25, -0.2) is 4.39 Å². The number of carbonyl (C=O) groups is 3. The molecule has 0 aliphatic heterocycles. The molecule has 0 saturated carbocycles. The zero-order valence-electron chi connectivity index (χ0n) is 13.0. The number of ether oxygens (including phenoxy) is 1. The van der Waals surface area contributed by atoms with Crippen molar-refractivity contribution in [2.45, 2.75) is 6.92 Å². The van der Waals surface area contributed by atoms with Gasteiger partial charge in [-0.05, 0) is 43.3 Å². The smallest absolute Gasteiger partial charge is 0.325 e. The molecule has 2 rings (SSSR count). The Bertz CT molecular complexity index is 675. The lowest BCUT2D eigenvalue weighted by atomic mass is 10.1. The third-order valence-corrected chi connectivity index (χ3v) is 3.24. The summed E-state index contributed by atoms with van der Waals surface area (Å²) >= 11 is 0. The van der Waals surface area contributed by atoms with Crippen LogP contribution in [0.5, 0.6) is 0 Å². The van der Waals surface area contributed by atoms with Crippen molar-refractivity contribution in [1.29, 1.82) is 0 Å². The molecule has 2 aromatic carbocycles. The molecule has 0 spiro atoms. The highest BCUT2D eigenvalue weighted by Gasteiger charge is 2.12. The number of Topliss-reactive ketones (excluding diaryl/α,β-unsaturated/α-hetero) is 1. The third-order valence-electron chi connectivity index (χ3n) is 3.24. The monoisotopic (exact) mass is 329 g/mol. The van der Waals surface area contributed by atoms with Crippen molar-refractivity contribution in [2.24, 2.45) is 0 Å². The lowest BCUT2D eigenvalue weighted by Gasteiger charge is -2.06. The Kier molecular flexibility index (Phi) is 5.78. The number of esters is 1. The Hall–Kier alpha value is -3.02. The summed E-state index contributed by atoms with van der Waals surface area (Å²) < 4.78 is 17.6. The summed E-state index contributed by atoms with van der Waals surface area (Å²) in [5.41, 5.74) is 1.69. The highest BCUT2D eigenvalue weighted by molar-refractivity contribution is 5.98. The number of benzene rings is 2. The molecule has 124 valence electrons. The Balaban J connectivity index is 1.77. The van der Waals surface area contributed by atoms with Crippen molar-refractivity contribution in [3.8, 4) is 0 Å². The zero-order valence-corrected chi connectivity index (χ0v) is 13.0. The van der Waals surface area contributed by atoms with Crippen LogP contribution in [0.1, 0.15) is 26.3 Å². The van der Waals surface area contributed by atoms with Crippen molar-refractivity contribution in [2.75, 3.05) is 13.2 Å². The van der Waals surface area contributed by atoms with Crippen molar-refractivity contribution >= 4 is 17.7 Å². The maximum atomic E-state index is 12.8. The molecule has 6 heteroatoms. The van der Waals surface area contributed by atoms with E-state index in [0.29, 0.717) is 5.56 Å². The molecule has 0 aromatic heterocycles. The summed E-state index contributed by atoms with van der Waals surface area (Å²) in [5.74, 6) is -2.04. The van der Waals surface area contributed by atoms with Gasteiger partial charge in [0, 0.05) is 11.1 Å². The van der Waals surface area contributed by atoms with Gasteiger partial charge in [0.05, 0.1) is 0 Å². The SMILES string of the molecule is Cc1ccc(C(=O)NCC(=O)OCC(=O)c2ccc(F)cc2)cc1. The summed E-state index contributed by atoms with van der Waals surface area (Å²) in [4.78, 5) is 35.2. The molecular weight excluding hydrogens is 313 g/mol. The van der Waals surface area contributed by atoms with E-state index in [1.165, 1.54) is 12.1 Å². The van der Waals surface area contributed by atoms with Crippen LogP contribution in [0.25, 0.3) is 0 Å². The molecule has 0 unspecified atom stereocenters. The third kappa shape index (κ3) is 5.01. The van der Waals surface area contributed by atoms with E-state index >= 15 is 0 Å². The summed E-state index contributed by atoms with van der Waals surface area (Å²) in [7, 11) is 0.